The summed E-state index contributed by atoms with van der Waals surface area (Å²) in [5.41, 5.74) is 2.71. The molecule has 1 saturated heterocycles. The molecule has 3 nitrogen and oxygen atoms in total. The van der Waals surface area contributed by atoms with Crippen molar-refractivity contribution in [3.8, 4) is 0 Å². The highest BCUT2D eigenvalue weighted by Crippen LogP contribution is 2.24. The SMILES string of the molecule is CC(c1ccccc1)N1CCC(NCc2ccncc2)C1. The summed E-state index contributed by atoms with van der Waals surface area (Å²) in [5, 5.41) is 3.66. The van der Waals surface area contributed by atoms with Crippen molar-refractivity contribution < 1.29 is 0 Å². The molecule has 3 heteroatoms. The van der Waals surface area contributed by atoms with E-state index in [1.807, 2.05) is 12.4 Å². The Bertz CT molecular complexity index is 541. The van der Waals surface area contributed by atoms with Crippen LogP contribution in [0.4, 0.5) is 0 Å². The third-order valence-electron chi connectivity index (χ3n) is 4.39. The molecule has 1 N–H and O–H groups in total. The van der Waals surface area contributed by atoms with Gasteiger partial charge in [-0.15, -0.1) is 0 Å². The smallest absolute Gasteiger partial charge is 0.0320 e. The molecule has 0 bridgehead atoms. The molecule has 0 aliphatic carbocycles. The number of nitrogens with one attached hydrogen (secondary N) is 1. The van der Waals surface area contributed by atoms with Gasteiger partial charge in [0.1, 0.15) is 0 Å². The summed E-state index contributed by atoms with van der Waals surface area (Å²) in [6, 6.07) is 16.0. The van der Waals surface area contributed by atoms with Crippen LogP contribution >= 0.6 is 0 Å². The van der Waals surface area contributed by atoms with Gasteiger partial charge in [0.25, 0.3) is 0 Å². The van der Waals surface area contributed by atoms with Gasteiger partial charge in [0.2, 0.25) is 0 Å². The van der Waals surface area contributed by atoms with Crippen LogP contribution in [0.25, 0.3) is 0 Å². The summed E-state index contributed by atoms with van der Waals surface area (Å²) in [6.45, 7) is 5.53. The molecule has 110 valence electrons. The molecule has 1 aliphatic heterocycles. The van der Waals surface area contributed by atoms with Crippen LogP contribution in [0.5, 0.6) is 0 Å². The maximum Gasteiger partial charge on any atom is 0.0320 e. The number of nitrogens with zero attached hydrogens (tertiary/aromatic N) is 2. The van der Waals surface area contributed by atoms with Crippen molar-refractivity contribution in [3.05, 3.63) is 66.0 Å². The topological polar surface area (TPSA) is 28.2 Å². The van der Waals surface area contributed by atoms with Crippen LogP contribution in [-0.4, -0.2) is 29.0 Å². The number of benzene rings is 1. The van der Waals surface area contributed by atoms with Gasteiger partial charge in [-0.25, -0.2) is 0 Å². The Morgan fingerprint density at radius 2 is 1.95 bits per heavy atom. The predicted octanol–water partition coefficient (Wildman–Crippen LogP) is 3.01. The molecule has 3 rings (SSSR count). The van der Waals surface area contributed by atoms with Crippen LogP contribution in [0.2, 0.25) is 0 Å². The largest absolute Gasteiger partial charge is 0.309 e. The molecule has 1 aromatic heterocycles. The molecule has 0 spiro atoms. The number of pyridine rings is 1. The highest BCUT2D eigenvalue weighted by atomic mass is 15.2. The van der Waals surface area contributed by atoms with Gasteiger partial charge in [-0.05, 0) is 36.6 Å². The molecular formula is C18H23N3. The zero-order valence-electron chi connectivity index (χ0n) is 12.6. The lowest BCUT2D eigenvalue weighted by Gasteiger charge is -2.25. The van der Waals surface area contributed by atoms with Crippen molar-refractivity contribution in [2.75, 3.05) is 13.1 Å². The zero-order valence-corrected chi connectivity index (χ0v) is 12.6. The van der Waals surface area contributed by atoms with Gasteiger partial charge in [-0.2, -0.15) is 0 Å². The molecule has 0 amide bonds. The summed E-state index contributed by atoms with van der Waals surface area (Å²) < 4.78 is 0. The maximum absolute atomic E-state index is 4.06. The highest BCUT2D eigenvalue weighted by Gasteiger charge is 2.26. The molecule has 2 atom stereocenters. The second-order valence-corrected chi connectivity index (χ2v) is 5.80. The molecular weight excluding hydrogens is 258 g/mol. The number of rotatable bonds is 5. The van der Waals surface area contributed by atoms with E-state index in [-0.39, 0.29) is 0 Å². The average Bonchev–Trinajstić information content (AvgIpc) is 3.03. The normalized spacial score (nSPS) is 20.5. The van der Waals surface area contributed by atoms with Crippen LogP contribution in [0, 0.1) is 0 Å². The van der Waals surface area contributed by atoms with Crippen LogP contribution in [0.3, 0.4) is 0 Å². The predicted molar refractivity (Wildman–Crippen MR) is 85.9 cm³/mol. The number of hydrogen-bond donors (Lipinski definition) is 1. The summed E-state index contributed by atoms with van der Waals surface area (Å²) in [4.78, 5) is 6.63. The van der Waals surface area contributed by atoms with Gasteiger partial charge in [-0.3, -0.25) is 9.88 Å². The molecule has 1 fully saturated rings. The maximum atomic E-state index is 4.06. The van der Waals surface area contributed by atoms with E-state index in [1.165, 1.54) is 24.1 Å². The zero-order chi connectivity index (χ0) is 14.5. The Balaban J connectivity index is 1.51. The molecule has 0 saturated carbocycles. The number of aromatic nitrogens is 1. The quantitative estimate of drug-likeness (QED) is 0.913. The van der Waals surface area contributed by atoms with E-state index in [0.29, 0.717) is 12.1 Å². The third kappa shape index (κ3) is 3.69. The van der Waals surface area contributed by atoms with E-state index in [0.717, 1.165) is 13.1 Å². The van der Waals surface area contributed by atoms with E-state index in [1.54, 1.807) is 0 Å². The second kappa shape index (κ2) is 6.83. The van der Waals surface area contributed by atoms with Crippen molar-refractivity contribution in [1.82, 2.24) is 15.2 Å². The van der Waals surface area contributed by atoms with E-state index >= 15 is 0 Å². The molecule has 1 aromatic carbocycles. The summed E-state index contributed by atoms with van der Waals surface area (Å²) in [7, 11) is 0. The van der Waals surface area contributed by atoms with Gasteiger partial charge < -0.3 is 5.32 Å². The van der Waals surface area contributed by atoms with E-state index in [2.05, 4.69) is 64.6 Å². The second-order valence-electron chi connectivity index (χ2n) is 5.80. The Morgan fingerprint density at radius 3 is 2.71 bits per heavy atom. The monoisotopic (exact) mass is 281 g/mol. The number of likely N-dealkylation sites (tertiary alicyclic amines) is 1. The van der Waals surface area contributed by atoms with Crippen LogP contribution in [0.1, 0.15) is 30.5 Å². The Labute approximate surface area is 127 Å². The van der Waals surface area contributed by atoms with Gasteiger partial charge in [0.05, 0.1) is 0 Å². The Kier molecular flexibility index (Phi) is 4.63. The molecule has 21 heavy (non-hydrogen) atoms. The fourth-order valence-electron chi connectivity index (χ4n) is 3.01. The fraction of sp³-hybridized carbons (Fsp3) is 0.389. The Morgan fingerprint density at radius 1 is 1.19 bits per heavy atom. The first-order valence-electron chi connectivity index (χ1n) is 7.74. The lowest BCUT2D eigenvalue weighted by Crippen LogP contribution is -2.33. The molecule has 2 heterocycles. The van der Waals surface area contributed by atoms with Crippen molar-refractivity contribution in [3.63, 3.8) is 0 Å². The van der Waals surface area contributed by atoms with Gasteiger partial charge in [0.15, 0.2) is 0 Å². The van der Waals surface area contributed by atoms with E-state index in [9.17, 15) is 0 Å². The third-order valence-corrected chi connectivity index (χ3v) is 4.39. The lowest BCUT2D eigenvalue weighted by atomic mass is 10.1. The van der Waals surface area contributed by atoms with E-state index < -0.39 is 0 Å². The Hall–Kier alpha value is -1.71. The first-order valence-corrected chi connectivity index (χ1v) is 7.74. The van der Waals surface area contributed by atoms with Crippen LogP contribution in [0.15, 0.2) is 54.9 Å². The standard InChI is InChI=1S/C18H23N3/c1-15(17-5-3-2-4-6-17)21-12-9-18(14-21)20-13-16-7-10-19-11-8-16/h2-8,10-11,15,18,20H,9,12-14H2,1H3. The average molecular weight is 281 g/mol. The number of hydrogen-bond acceptors (Lipinski definition) is 3. The summed E-state index contributed by atoms with van der Waals surface area (Å²) in [6.07, 6.45) is 4.94. The van der Waals surface area contributed by atoms with Gasteiger partial charge in [0, 0.05) is 44.1 Å². The fourth-order valence-corrected chi connectivity index (χ4v) is 3.01. The molecule has 0 radical (unpaired) electrons. The van der Waals surface area contributed by atoms with Crippen molar-refractivity contribution in [1.29, 1.82) is 0 Å². The first kappa shape index (κ1) is 14.2. The van der Waals surface area contributed by atoms with Gasteiger partial charge in [-0.1, -0.05) is 30.3 Å². The summed E-state index contributed by atoms with van der Waals surface area (Å²) >= 11 is 0. The van der Waals surface area contributed by atoms with Crippen molar-refractivity contribution in [2.45, 2.75) is 32.0 Å². The lowest BCUT2D eigenvalue weighted by molar-refractivity contribution is 0.255. The molecule has 1 aliphatic rings. The van der Waals surface area contributed by atoms with Crippen LogP contribution in [-0.2, 0) is 6.54 Å². The highest BCUT2D eigenvalue weighted by molar-refractivity contribution is 5.18. The molecule has 2 unspecified atom stereocenters. The molecule has 2 aromatic rings. The van der Waals surface area contributed by atoms with Crippen molar-refractivity contribution in [2.24, 2.45) is 0 Å². The minimum absolute atomic E-state index is 0.499. The van der Waals surface area contributed by atoms with E-state index in [4.69, 9.17) is 0 Å². The minimum atomic E-state index is 0.499. The first-order chi connectivity index (χ1) is 10.3. The van der Waals surface area contributed by atoms with Crippen LogP contribution < -0.4 is 5.32 Å². The summed E-state index contributed by atoms with van der Waals surface area (Å²) in [5.74, 6) is 0. The van der Waals surface area contributed by atoms with Crippen molar-refractivity contribution >= 4 is 0 Å². The minimum Gasteiger partial charge on any atom is -0.309 e. The van der Waals surface area contributed by atoms with Gasteiger partial charge >= 0.3 is 0 Å².